The summed E-state index contributed by atoms with van der Waals surface area (Å²) in [4.78, 5) is 0. The summed E-state index contributed by atoms with van der Waals surface area (Å²) in [5.41, 5.74) is -0.318. The van der Waals surface area contributed by atoms with E-state index in [4.69, 9.17) is 11.6 Å². The van der Waals surface area contributed by atoms with E-state index >= 15 is 0 Å². The highest BCUT2D eigenvalue weighted by Gasteiger charge is 2.33. The molecule has 0 aliphatic carbocycles. The minimum absolute atomic E-state index is 0. The molecule has 0 bridgehead atoms. The fourth-order valence-corrected chi connectivity index (χ4v) is 2.26. The highest BCUT2D eigenvalue weighted by Crippen LogP contribution is 2.36. The molecule has 0 aromatic heterocycles. The molecule has 1 saturated heterocycles. The Kier molecular flexibility index (Phi) is 5.77. The molecule has 7 heteroatoms. The number of piperidine rings is 1. The summed E-state index contributed by atoms with van der Waals surface area (Å²) in [6.45, 7) is 1.77. The molecule has 2 nitrogen and oxygen atoms in total. The molecular formula is C12H15Cl2F3N2. The van der Waals surface area contributed by atoms with Gasteiger partial charge in [0.05, 0.1) is 10.6 Å². The summed E-state index contributed by atoms with van der Waals surface area (Å²) in [6.07, 6.45) is -2.60. The van der Waals surface area contributed by atoms with Crippen molar-refractivity contribution in [3.63, 3.8) is 0 Å². The van der Waals surface area contributed by atoms with Crippen LogP contribution in [0.3, 0.4) is 0 Å². The lowest BCUT2D eigenvalue weighted by molar-refractivity contribution is -0.137. The molecule has 1 aliphatic rings. The highest BCUT2D eigenvalue weighted by molar-refractivity contribution is 6.31. The lowest BCUT2D eigenvalue weighted by atomic mass is 10.1. The molecule has 0 saturated carbocycles. The Morgan fingerprint density at radius 3 is 2.42 bits per heavy atom. The van der Waals surface area contributed by atoms with Crippen LogP contribution in [0.25, 0.3) is 0 Å². The summed E-state index contributed by atoms with van der Waals surface area (Å²) in [5, 5.41) is 6.06. The van der Waals surface area contributed by atoms with Crippen molar-refractivity contribution in [2.45, 2.75) is 25.1 Å². The van der Waals surface area contributed by atoms with Crippen LogP contribution in [-0.4, -0.2) is 19.1 Å². The van der Waals surface area contributed by atoms with Crippen LogP contribution in [0, 0.1) is 0 Å². The zero-order valence-electron chi connectivity index (χ0n) is 10.1. The molecule has 19 heavy (non-hydrogen) atoms. The number of rotatable bonds is 2. The molecule has 1 aliphatic heterocycles. The second-order valence-corrected chi connectivity index (χ2v) is 4.77. The molecule has 1 aromatic rings. The first kappa shape index (κ1) is 16.4. The topological polar surface area (TPSA) is 24.1 Å². The highest BCUT2D eigenvalue weighted by atomic mass is 35.5. The molecule has 2 N–H and O–H groups in total. The maximum atomic E-state index is 12.7. The summed E-state index contributed by atoms with van der Waals surface area (Å²) in [7, 11) is 0. The van der Waals surface area contributed by atoms with Crippen LogP contribution < -0.4 is 10.6 Å². The van der Waals surface area contributed by atoms with Gasteiger partial charge in [-0.3, -0.25) is 0 Å². The van der Waals surface area contributed by atoms with Gasteiger partial charge in [-0.25, -0.2) is 0 Å². The Bertz CT molecular complexity index is 418. The first-order valence-electron chi connectivity index (χ1n) is 5.81. The number of hydrogen-bond donors (Lipinski definition) is 2. The molecule has 0 radical (unpaired) electrons. The van der Waals surface area contributed by atoms with Crippen LogP contribution in [0.1, 0.15) is 18.4 Å². The van der Waals surface area contributed by atoms with Gasteiger partial charge in [0.25, 0.3) is 0 Å². The van der Waals surface area contributed by atoms with E-state index in [1.165, 1.54) is 6.07 Å². The van der Waals surface area contributed by atoms with Gasteiger partial charge >= 0.3 is 6.18 Å². The Balaban J connectivity index is 0.00000180. The van der Waals surface area contributed by atoms with E-state index in [-0.39, 0.29) is 23.5 Å². The molecule has 0 unspecified atom stereocenters. The molecule has 0 atom stereocenters. The van der Waals surface area contributed by atoms with Gasteiger partial charge in [0.1, 0.15) is 0 Å². The number of anilines is 1. The van der Waals surface area contributed by atoms with Crippen LogP contribution in [0.2, 0.25) is 5.02 Å². The quantitative estimate of drug-likeness (QED) is 0.864. The maximum absolute atomic E-state index is 12.7. The molecule has 0 amide bonds. The SMILES string of the molecule is Cl.FC(F)(F)c1cc(NC2CCNCC2)ccc1Cl. The first-order chi connectivity index (χ1) is 8.47. The fourth-order valence-electron chi connectivity index (χ4n) is 2.03. The van der Waals surface area contributed by atoms with Gasteiger partial charge in [-0.1, -0.05) is 11.6 Å². The summed E-state index contributed by atoms with van der Waals surface area (Å²) >= 11 is 5.57. The summed E-state index contributed by atoms with van der Waals surface area (Å²) in [5.74, 6) is 0. The van der Waals surface area contributed by atoms with Crippen molar-refractivity contribution in [3.05, 3.63) is 28.8 Å². The number of benzene rings is 1. The maximum Gasteiger partial charge on any atom is 0.417 e. The third-order valence-corrected chi connectivity index (χ3v) is 3.31. The molecule has 2 rings (SSSR count). The smallest absolute Gasteiger partial charge is 0.382 e. The Labute approximate surface area is 121 Å². The van der Waals surface area contributed by atoms with Crippen molar-refractivity contribution in [1.29, 1.82) is 0 Å². The minimum atomic E-state index is -4.41. The monoisotopic (exact) mass is 314 g/mol. The lowest BCUT2D eigenvalue weighted by Gasteiger charge is -2.25. The predicted molar refractivity (Wildman–Crippen MR) is 73.2 cm³/mol. The number of halogens is 5. The van der Waals surface area contributed by atoms with Crippen molar-refractivity contribution < 1.29 is 13.2 Å². The molecule has 1 fully saturated rings. The van der Waals surface area contributed by atoms with E-state index in [0.717, 1.165) is 32.0 Å². The van der Waals surface area contributed by atoms with Gasteiger partial charge in [-0.2, -0.15) is 13.2 Å². The van der Waals surface area contributed by atoms with E-state index < -0.39 is 11.7 Å². The van der Waals surface area contributed by atoms with Crippen LogP contribution >= 0.6 is 24.0 Å². The third kappa shape index (κ3) is 4.44. The Morgan fingerprint density at radius 1 is 1.21 bits per heavy atom. The standard InChI is InChI=1S/C12H14ClF3N2.ClH/c13-11-2-1-9(7-10(11)12(14,15)16)18-8-3-5-17-6-4-8;/h1-2,7-8,17-18H,3-6H2;1H. The second-order valence-electron chi connectivity index (χ2n) is 4.36. The molecule has 1 heterocycles. The average molecular weight is 315 g/mol. The minimum Gasteiger partial charge on any atom is -0.382 e. The van der Waals surface area contributed by atoms with Gasteiger partial charge in [0, 0.05) is 11.7 Å². The van der Waals surface area contributed by atoms with Crippen molar-refractivity contribution >= 4 is 29.7 Å². The number of alkyl halides is 3. The molecule has 0 spiro atoms. The van der Waals surface area contributed by atoms with E-state index in [2.05, 4.69) is 10.6 Å². The van der Waals surface area contributed by atoms with E-state index in [1.807, 2.05) is 0 Å². The van der Waals surface area contributed by atoms with Crippen molar-refractivity contribution in [2.75, 3.05) is 18.4 Å². The number of hydrogen-bond acceptors (Lipinski definition) is 2. The van der Waals surface area contributed by atoms with Gasteiger partial charge in [-0.15, -0.1) is 12.4 Å². The van der Waals surface area contributed by atoms with E-state index in [9.17, 15) is 13.2 Å². The van der Waals surface area contributed by atoms with Gasteiger partial charge < -0.3 is 10.6 Å². The van der Waals surface area contributed by atoms with Gasteiger partial charge in [-0.05, 0) is 44.1 Å². The average Bonchev–Trinajstić information content (AvgIpc) is 2.31. The Morgan fingerprint density at radius 2 is 1.84 bits per heavy atom. The van der Waals surface area contributed by atoms with Crippen LogP contribution in [0.15, 0.2) is 18.2 Å². The van der Waals surface area contributed by atoms with Gasteiger partial charge in [0.15, 0.2) is 0 Å². The predicted octanol–water partition coefficient (Wildman–Crippen LogP) is 3.94. The lowest BCUT2D eigenvalue weighted by Crippen LogP contribution is -2.35. The summed E-state index contributed by atoms with van der Waals surface area (Å²) in [6, 6.07) is 4.16. The normalized spacial score (nSPS) is 16.8. The molecular weight excluding hydrogens is 300 g/mol. The second kappa shape index (κ2) is 6.68. The van der Waals surface area contributed by atoms with E-state index in [0.29, 0.717) is 5.69 Å². The van der Waals surface area contributed by atoms with E-state index in [1.54, 1.807) is 6.07 Å². The van der Waals surface area contributed by atoms with Crippen molar-refractivity contribution in [3.8, 4) is 0 Å². The van der Waals surface area contributed by atoms with Crippen LogP contribution in [0.4, 0.5) is 18.9 Å². The summed E-state index contributed by atoms with van der Waals surface area (Å²) < 4.78 is 38.1. The van der Waals surface area contributed by atoms with Crippen LogP contribution in [-0.2, 0) is 6.18 Å². The fraction of sp³-hybridized carbons (Fsp3) is 0.500. The zero-order valence-corrected chi connectivity index (χ0v) is 11.6. The van der Waals surface area contributed by atoms with Crippen molar-refractivity contribution in [1.82, 2.24) is 5.32 Å². The van der Waals surface area contributed by atoms with Gasteiger partial charge in [0.2, 0.25) is 0 Å². The molecule has 1 aromatic carbocycles. The largest absolute Gasteiger partial charge is 0.417 e. The third-order valence-electron chi connectivity index (χ3n) is 2.98. The Hall–Kier alpha value is -0.650. The number of nitrogens with one attached hydrogen (secondary N) is 2. The first-order valence-corrected chi connectivity index (χ1v) is 6.18. The zero-order chi connectivity index (χ0) is 13.2. The van der Waals surface area contributed by atoms with Crippen molar-refractivity contribution in [2.24, 2.45) is 0 Å². The van der Waals surface area contributed by atoms with Crippen LogP contribution in [0.5, 0.6) is 0 Å². The molecule has 108 valence electrons.